The van der Waals surface area contributed by atoms with Crippen LogP contribution in [0.25, 0.3) is 251 Å². The van der Waals surface area contributed by atoms with Crippen molar-refractivity contribution in [2.45, 2.75) is 38.5 Å². The number of thiophene rings is 1. The van der Waals surface area contributed by atoms with E-state index >= 15 is 0 Å². The van der Waals surface area contributed by atoms with E-state index < -0.39 is 0 Å². The molecule has 0 N–H and O–H groups in total. The Balaban J connectivity index is 0.000000108. The minimum atomic E-state index is -0.179. The minimum Gasteiger partial charge on any atom is -0.265 e. The Bertz CT molecular complexity index is 9230. The molecular formula is C131H87N7S. The Morgan fingerprint density at radius 2 is 0.453 bits per heavy atom. The molecule has 26 aromatic rings. The van der Waals surface area contributed by atoms with E-state index in [0.717, 1.165) is 44.5 Å². The maximum atomic E-state index is 4.93. The molecule has 8 heteroatoms. The molecule has 652 valence electrons. The lowest BCUT2D eigenvalue weighted by molar-refractivity contribution is 0.661. The molecule has 0 radical (unpaired) electrons. The zero-order valence-corrected chi connectivity index (χ0v) is 77.7. The highest BCUT2D eigenvalue weighted by molar-refractivity contribution is 7.27. The molecule has 2 aliphatic carbocycles. The molecule has 0 amide bonds. The zero-order chi connectivity index (χ0) is 92.6. The van der Waals surface area contributed by atoms with Gasteiger partial charge in [-0.15, -0.1) is 11.3 Å². The van der Waals surface area contributed by atoms with Crippen molar-refractivity contribution in [2.24, 2.45) is 0 Å². The van der Waals surface area contributed by atoms with Crippen LogP contribution in [-0.4, -0.2) is 34.9 Å². The highest BCUT2D eigenvalue weighted by Crippen LogP contribution is 2.57. The van der Waals surface area contributed by atoms with Crippen molar-refractivity contribution in [3.8, 4) is 134 Å². The second-order valence-corrected chi connectivity index (χ2v) is 38.7. The average molecular weight is 1790 g/mol. The summed E-state index contributed by atoms with van der Waals surface area (Å²) < 4.78 is 2.66. The molecule has 0 fully saturated rings. The largest absolute Gasteiger partial charge is 0.265 e. The van der Waals surface area contributed by atoms with Gasteiger partial charge in [0.1, 0.15) is 0 Å². The highest BCUT2D eigenvalue weighted by atomic mass is 32.1. The van der Waals surface area contributed by atoms with Crippen LogP contribution in [0.4, 0.5) is 0 Å². The molecule has 0 saturated carbocycles. The lowest BCUT2D eigenvalue weighted by Crippen LogP contribution is -2.15. The summed E-state index contributed by atoms with van der Waals surface area (Å²) in [5.41, 5.74) is 30.0. The van der Waals surface area contributed by atoms with Crippen LogP contribution < -0.4 is 0 Å². The standard InChI is InChI=1S/C48H33N3.C43H30N2.C40H24N2S/c1-48(2)43-27-34(25-26-39(43)42-28-40-37-19-11-9-17-35(37)36-18-10-12-20-38(36)41(40)29-44(42)48)30-21-23-33(24-22-30)47-50-45(31-13-5-3-6-14-31)49-46(51-47)32-15-7-4-8-16-32;1-43(2)40-26-29(32-24-30(27-15-19-44-20-16-27)23-31(25-32)28-17-21-45-22-18-28)11-12-36(40)39-14-13-38-35-9-4-3-7-33(35)34-8-5-6-10-37(34)41(38)42(39)43;1-2-8-33-31(6-1)32-7-3-4-9-34(32)38-35(33)12-13-37-36-11-5-10-30(39(36)43-40(37)38)29-23-27(25-14-18-41-19-15-25)22-28(24-29)26-16-20-42-21-17-26/h3-29H,1-2H3;3-26H,1-2H3;1-24H. The van der Waals surface area contributed by atoms with Crippen LogP contribution in [-0.2, 0) is 10.8 Å². The molecule has 0 atom stereocenters. The van der Waals surface area contributed by atoms with Crippen LogP contribution >= 0.6 is 11.3 Å². The molecule has 28 rings (SSSR count). The lowest BCUT2D eigenvalue weighted by Gasteiger charge is -2.25. The molecule has 20 aromatic carbocycles. The van der Waals surface area contributed by atoms with Gasteiger partial charge in [0.05, 0.1) is 0 Å². The Hall–Kier alpha value is -17.4. The first-order valence-corrected chi connectivity index (χ1v) is 48.4. The van der Waals surface area contributed by atoms with Crippen molar-refractivity contribution in [3.05, 3.63) is 478 Å². The Morgan fingerprint density at radius 1 is 0.165 bits per heavy atom. The van der Waals surface area contributed by atoms with Gasteiger partial charge in [-0.3, -0.25) is 19.9 Å². The summed E-state index contributed by atoms with van der Waals surface area (Å²) in [4.78, 5) is 31.7. The van der Waals surface area contributed by atoms with Gasteiger partial charge in [0.2, 0.25) is 0 Å². The summed E-state index contributed by atoms with van der Waals surface area (Å²) in [5.74, 6) is 1.99. The van der Waals surface area contributed by atoms with Crippen LogP contribution in [0.1, 0.15) is 49.9 Å². The average Bonchev–Trinajstić information content (AvgIpc) is 1.46. The van der Waals surface area contributed by atoms with E-state index in [2.05, 4.69) is 393 Å². The molecule has 139 heavy (non-hydrogen) atoms. The van der Waals surface area contributed by atoms with Gasteiger partial charge in [0.25, 0.3) is 0 Å². The van der Waals surface area contributed by atoms with Crippen molar-refractivity contribution >= 4 is 128 Å². The van der Waals surface area contributed by atoms with Crippen LogP contribution in [0.15, 0.2) is 456 Å². The number of rotatable bonds is 10. The third-order valence-corrected chi connectivity index (χ3v) is 30.4. The fraction of sp³-hybridized carbons (Fsp3) is 0.0458. The third-order valence-electron chi connectivity index (χ3n) is 29.2. The predicted octanol–water partition coefficient (Wildman–Crippen LogP) is 34.9. The van der Waals surface area contributed by atoms with Gasteiger partial charge >= 0.3 is 0 Å². The summed E-state index contributed by atoms with van der Waals surface area (Å²) in [7, 11) is 0. The number of benzene rings is 20. The molecule has 0 unspecified atom stereocenters. The first-order valence-electron chi connectivity index (χ1n) is 47.6. The fourth-order valence-corrected chi connectivity index (χ4v) is 23.8. The minimum absolute atomic E-state index is 0.145. The van der Waals surface area contributed by atoms with Crippen molar-refractivity contribution in [1.29, 1.82) is 0 Å². The van der Waals surface area contributed by atoms with Gasteiger partial charge in [-0.1, -0.05) is 325 Å². The number of pyridine rings is 4. The molecule has 0 spiro atoms. The topological polar surface area (TPSA) is 90.2 Å². The summed E-state index contributed by atoms with van der Waals surface area (Å²) >= 11 is 1.92. The van der Waals surface area contributed by atoms with E-state index in [9.17, 15) is 0 Å². The number of hydrogen-bond acceptors (Lipinski definition) is 8. The lowest BCUT2D eigenvalue weighted by atomic mass is 9.78. The molecular weight excluding hydrogens is 1700 g/mol. The van der Waals surface area contributed by atoms with Crippen molar-refractivity contribution in [3.63, 3.8) is 0 Å². The molecule has 2 aliphatic rings. The van der Waals surface area contributed by atoms with E-state index in [1.54, 1.807) is 0 Å². The van der Waals surface area contributed by atoms with Gasteiger partial charge in [0.15, 0.2) is 17.5 Å². The first kappa shape index (κ1) is 82.3. The second kappa shape index (κ2) is 33.3. The fourth-order valence-electron chi connectivity index (χ4n) is 22.4. The van der Waals surface area contributed by atoms with E-state index in [-0.39, 0.29) is 10.8 Å². The monoisotopic (exact) mass is 1790 g/mol. The molecule has 0 saturated heterocycles. The van der Waals surface area contributed by atoms with E-state index in [0.29, 0.717) is 17.5 Å². The molecule has 6 aromatic heterocycles. The summed E-state index contributed by atoms with van der Waals surface area (Å²) in [6.07, 6.45) is 14.9. The zero-order valence-electron chi connectivity index (χ0n) is 76.8. The van der Waals surface area contributed by atoms with Crippen LogP contribution in [0.2, 0.25) is 0 Å². The van der Waals surface area contributed by atoms with Gasteiger partial charge in [-0.05, 0) is 323 Å². The Labute approximate surface area is 808 Å². The smallest absolute Gasteiger partial charge is 0.164 e. The van der Waals surface area contributed by atoms with Gasteiger partial charge in [-0.2, -0.15) is 0 Å². The first-order chi connectivity index (χ1) is 68.4. The molecule has 7 nitrogen and oxygen atoms in total. The Morgan fingerprint density at radius 3 is 0.906 bits per heavy atom. The summed E-state index contributed by atoms with van der Waals surface area (Å²) in [6, 6.07) is 148. The van der Waals surface area contributed by atoms with Crippen molar-refractivity contribution in [2.75, 3.05) is 0 Å². The number of fused-ring (bicyclic) bond motifs is 29. The third kappa shape index (κ3) is 14.0. The van der Waals surface area contributed by atoms with Gasteiger partial charge < -0.3 is 0 Å². The van der Waals surface area contributed by atoms with E-state index in [1.807, 2.05) is 122 Å². The summed E-state index contributed by atoms with van der Waals surface area (Å²) in [6.45, 7) is 9.55. The maximum absolute atomic E-state index is 4.93. The quantitative estimate of drug-likeness (QED) is 0.126. The predicted molar refractivity (Wildman–Crippen MR) is 584 cm³/mol. The summed E-state index contributed by atoms with van der Waals surface area (Å²) in [5, 5.41) is 26.4. The molecule has 0 bridgehead atoms. The van der Waals surface area contributed by atoms with Crippen molar-refractivity contribution in [1.82, 2.24) is 34.9 Å². The van der Waals surface area contributed by atoms with Crippen molar-refractivity contribution < 1.29 is 0 Å². The van der Waals surface area contributed by atoms with Crippen LogP contribution in [0, 0.1) is 0 Å². The van der Waals surface area contributed by atoms with Crippen LogP contribution in [0.3, 0.4) is 0 Å². The SMILES string of the molecule is CC1(C)c2cc(-c3cc(-c4ccncc4)cc(-c4ccncc4)c3)ccc2-c2ccc3c4ccccc4c4ccccc4c3c21.CC1(C)c2cc(-c3ccc(-c4nc(-c5ccccc5)nc(-c5ccccc5)n4)cc3)ccc2-c2cc3c4ccccc4c4ccccc4c3cc21.c1cc(-c2cc(-c3ccncc3)cc(-c3ccncc3)c2)c2sc3c(ccc4c5ccccc5c5ccccc5c43)c2c1. The molecule has 6 heterocycles. The number of hydrogen-bond donors (Lipinski definition) is 0. The highest BCUT2D eigenvalue weighted by Gasteiger charge is 2.40. The normalized spacial score (nSPS) is 12.7. The number of nitrogens with zero attached hydrogens (tertiary/aromatic N) is 7. The number of aromatic nitrogens is 7. The van der Waals surface area contributed by atoms with E-state index in [1.165, 1.54) is 212 Å². The second-order valence-electron chi connectivity index (χ2n) is 37.7. The van der Waals surface area contributed by atoms with Gasteiger partial charge in [-0.25, -0.2) is 15.0 Å². The van der Waals surface area contributed by atoms with Crippen LogP contribution in [0.5, 0.6) is 0 Å². The van der Waals surface area contributed by atoms with E-state index in [4.69, 9.17) is 15.0 Å². The maximum Gasteiger partial charge on any atom is 0.164 e. The Kier molecular flexibility index (Phi) is 19.7. The molecule has 0 aliphatic heterocycles. The van der Waals surface area contributed by atoms with Gasteiger partial charge in [0, 0.05) is 103 Å².